The molecule has 0 unspecified atom stereocenters. The number of carbonyl (C=O) groups excluding carboxylic acids is 1. The van der Waals surface area contributed by atoms with Crippen LogP contribution in [0.1, 0.15) is 40.0 Å². The summed E-state index contributed by atoms with van der Waals surface area (Å²) in [5.74, 6) is 0. The van der Waals surface area contributed by atoms with E-state index < -0.39 is 5.60 Å². The minimum atomic E-state index is -0.415. The van der Waals surface area contributed by atoms with Crippen LogP contribution < -0.4 is 0 Å². The van der Waals surface area contributed by atoms with Gasteiger partial charge in [-0.15, -0.1) is 6.58 Å². The zero-order valence-electron chi connectivity index (χ0n) is 11.7. The van der Waals surface area contributed by atoms with Crippen molar-refractivity contribution in [2.24, 2.45) is 5.41 Å². The molecule has 0 radical (unpaired) electrons. The van der Waals surface area contributed by atoms with Crippen LogP contribution in [0.15, 0.2) is 12.7 Å². The summed E-state index contributed by atoms with van der Waals surface area (Å²) in [5, 5.41) is 0.966. The highest BCUT2D eigenvalue weighted by molar-refractivity contribution is 9.09. The van der Waals surface area contributed by atoms with E-state index in [-0.39, 0.29) is 11.5 Å². The van der Waals surface area contributed by atoms with Gasteiger partial charge >= 0.3 is 6.09 Å². The van der Waals surface area contributed by atoms with Crippen LogP contribution in [0.4, 0.5) is 4.79 Å². The number of amides is 1. The zero-order chi connectivity index (χ0) is 13.8. The number of nitrogens with zero attached hydrogens (tertiary/aromatic N) is 1. The number of likely N-dealkylation sites (tertiary alicyclic amines) is 1. The lowest BCUT2D eigenvalue weighted by atomic mass is 9.78. The Morgan fingerprint density at radius 3 is 2.39 bits per heavy atom. The number of hydrogen-bond acceptors (Lipinski definition) is 2. The molecule has 0 spiro atoms. The van der Waals surface area contributed by atoms with Crippen molar-refractivity contribution in [3.63, 3.8) is 0 Å². The second-order valence-electron chi connectivity index (χ2n) is 6.09. The maximum Gasteiger partial charge on any atom is 0.410 e. The highest BCUT2D eigenvalue weighted by atomic mass is 79.9. The van der Waals surface area contributed by atoms with E-state index in [4.69, 9.17) is 4.74 Å². The summed E-state index contributed by atoms with van der Waals surface area (Å²) < 4.78 is 5.39. The van der Waals surface area contributed by atoms with Crippen molar-refractivity contribution in [3.05, 3.63) is 12.7 Å². The van der Waals surface area contributed by atoms with Crippen LogP contribution in [-0.4, -0.2) is 35.0 Å². The van der Waals surface area contributed by atoms with Gasteiger partial charge in [-0.05, 0) is 45.4 Å². The van der Waals surface area contributed by atoms with Crippen molar-refractivity contribution in [2.45, 2.75) is 45.6 Å². The fraction of sp³-hybridized carbons (Fsp3) is 0.786. The number of halogens is 1. The summed E-state index contributed by atoms with van der Waals surface area (Å²) in [6, 6.07) is 0. The Hall–Kier alpha value is -0.510. The van der Waals surface area contributed by atoms with Crippen LogP contribution >= 0.6 is 15.9 Å². The fourth-order valence-electron chi connectivity index (χ4n) is 2.19. The van der Waals surface area contributed by atoms with Crippen LogP contribution in [0.3, 0.4) is 0 Å². The lowest BCUT2D eigenvalue weighted by Crippen LogP contribution is -2.45. The van der Waals surface area contributed by atoms with Gasteiger partial charge in [0.25, 0.3) is 0 Å². The second kappa shape index (κ2) is 6.09. The fourth-order valence-corrected chi connectivity index (χ4v) is 2.98. The van der Waals surface area contributed by atoms with Crippen LogP contribution in [0.5, 0.6) is 0 Å². The third-order valence-electron chi connectivity index (χ3n) is 3.34. The van der Waals surface area contributed by atoms with Gasteiger partial charge in [0.05, 0.1) is 0 Å². The Kier molecular flexibility index (Phi) is 5.26. The molecule has 0 aromatic rings. The first-order valence-electron chi connectivity index (χ1n) is 6.47. The molecule has 18 heavy (non-hydrogen) atoms. The van der Waals surface area contributed by atoms with E-state index in [1.165, 1.54) is 0 Å². The normalized spacial score (nSPS) is 19.4. The number of hydrogen-bond donors (Lipinski definition) is 0. The van der Waals surface area contributed by atoms with Crippen LogP contribution in [0.2, 0.25) is 0 Å². The van der Waals surface area contributed by atoms with E-state index in [9.17, 15) is 4.79 Å². The third-order valence-corrected chi connectivity index (χ3v) is 4.53. The number of ether oxygens (including phenoxy) is 1. The molecule has 0 aliphatic carbocycles. The maximum absolute atomic E-state index is 11.9. The first kappa shape index (κ1) is 15.5. The minimum Gasteiger partial charge on any atom is -0.444 e. The number of allylic oxidation sites excluding steroid dienone is 1. The van der Waals surface area contributed by atoms with Crippen molar-refractivity contribution >= 4 is 22.0 Å². The van der Waals surface area contributed by atoms with Crippen LogP contribution in [0, 0.1) is 5.41 Å². The molecule has 1 fully saturated rings. The maximum atomic E-state index is 11.9. The Balaban J connectivity index is 2.53. The molecular weight excluding hydrogens is 294 g/mol. The number of carbonyl (C=O) groups is 1. The number of piperidine rings is 1. The molecule has 0 N–H and O–H groups in total. The first-order valence-corrected chi connectivity index (χ1v) is 7.59. The number of alkyl halides is 1. The molecule has 1 rings (SSSR count). The Morgan fingerprint density at radius 2 is 2.00 bits per heavy atom. The monoisotopic (exact) mass is 317 g/mol. The average Bonchev–Trinajstić information content (AvgIpc) is 2.28. The first-order chi connectivity index (χ1) is 8.32. The smallest absolute Gasteiger partial charge is 0.410 e. The highest BCUT2D eigenvalue weighted by Crippen LogP contribution is 2.37. The summed E-state index contributed by atoms with van der Waals surface area (Å²) in [4.78, 5) is 13.8. The molecule has 0 saturated carbocycles. The lowest BCUT2D eigenvalue weighted by molar-refractivity contribution is 0.0127. The molecule has 1 heterocycles. The van der Waals surface area contributed by atoms with Crippen molar-refractivity contribution in [1.29, 1.82) is 0 Å². The largest absolute Gasteiger partial charge is 0.444 e. The molecule has 0 bridgehead atoms. The van der Waals surface area contributed by atoms with E-state index in [1.807, 2.05) is 31.7 Å². The molecule has 0 aromatic carbocycles. The molecule has 4 heteroatoms. The van der Waals surface area contributed by atoms with Crippen molar-refractivity contribution < 1.29 is 9.53 Å². The molecule has 1 saturated heterocycles. The van der Waals surface area contributed by atoms with Crippen molar-refractivity contribution in [3.8, 4) is 0 Å². The SMILES string of the molecule is C=CCC1(CBr)CCN(C(=O)OC(C)(C)C)CC1. The molecule has 0 atom stereocenters. The third kappa shape index (κ3) is 4.30. The van der Waals surface area contributed by atoms with Crippen LogP contribution in [-0.2, 0) is 4.74 Å². The van der Waals surface area contributed by atoms with Gasteiger partial charge in [-0.25, -0.2) is 4.79 Å². The van der Waals surface area contributed by atoms with Crippen molar-refractivity contribution in [2.75, 3.05) is 18.4 Å². The minimum absolute atomic E-state index is 0.190. The predicted molar refractivity (Wildman–Crippen MR) is 78.1 cm³/mol. The molecule has 104 valence electrons. The zero-order valence-corrected chi connectivity index (χ0v) is 13.3. The molecular formula is C14H24BrNO2. The van der Waals surface area contributed by atoms with E-state index in [0.29, 0.717) is 0 Å². The summed E-state index contributed by atoms with van der Waals surface area (Å²) in [5.41, 5.74) is -0.150. The van der Waals surface area contributed by atoms with Gasteiger partial charge < -0.3 is 9.64 Å². The van der Waals surface area contributed by atoms with E-state index in [1.54, 1.807) is 0 Å². The van der Waals surface area contributed by atoms with Gasteiger partial charge in [-0.2, -0.15) is 0 Å². The molecule has 3 nitrogen and oxygen atoms in total. The van der Waals surface area contributed by atoms with Gasteiger partial charge in [0.2, 0.25) is 0 Å². The van der Waals surface area contributed by atoms with Crippen molar-refractivity contribution in [1.82, 2.24) is 4.90 Å². The predicted octanol–water partition coefficient (Wildman–Crippen LogP) is 3.97. The van der Waals surface area contributed by atoms with Crippen LogP contribution in [0.25, 0.3) is 0 Å². The standard InChI is InChI=1S/C14H24BrNO2/c1-5-6-14(11-15)7-9-16(10-8-14)12(17)18-13(2,3)4/h5H,1,6-11H2,2-4H3. The molecule has 1 aliphatic heterocycles. The van der Waals surface area contributed by atoms with Gasteiger partial charge in [-0.3, -0.25) is 0 Å². The second-order valence-corrected chi connectivity index (χ2v) is 6.65. The quantitative estimate of drug-likeness (QED) is 0.582. The molecule has 1 aliphatic rings. The van der Waals surface area contributed by atoms with E-state index in [2.05, 4.69) is 22.5 Å². The van der Waals surface area contributed by atoms with Gasteiger partial charge in [0.15, 0.2) is 0 Å². The molecule has 1 amide bonds. The van der Waals surface area contributed by atoms with E-state index >= 15 is 0 Å². The Morgan fingerprint density at radius 1 is 1.44 bits per heavy atom. The average molecular weight is 318 g/mol. The highest BCUT2D eigenvalue weighted by Gasteiger charge is 2.35. The van der Waals surface area contributed by atoms with Gasteiger partial charge in [-0.1, -0.05) is 22.0 Å². The lowest BCUT2D eigenvalue weighted by Gasteiger charge is -2.40. The van der Waals surface area contributed by atoms with Gasteiger partial charge in [0.1, 0.15) is 5.60 Å². The Labute approximate surface area is 119 Å². The Bertz CT molecular complexity index is 301. The number of rotatable bonds is 3. The molecule has 0 aromatic heterocycles. The summed E-state index contributed by atoms with van der Waals surface area (Å²) in [6.45, 7) is 11.1. The summed E-state index contributed by atoms with van der Waals surface area (Å²) >= 11 is 3.59. The topological polar surface area (TPSA) is 29.5 Å². The summed E-state index contributed by atoms with van der Waals surface area (Å²) in [7, 11) is 0. The van der Waals surface area contributed by atoms with E-state index in [0.717, 1.165) is 37.7 Å². The summed E-state index contributed by atoms with van der Waals surface area (Å²) in [6.07, 6.45) is 4.79. The van der Waals surface area contributed by atoms with Gasteiger partial charge in [0, 0.05) is 18.4 Å².